The summed E-state index contributed by atoms with van der Waals surface area (Å²) in [5.74, 6) is -0.453. The Morgan fingerprint density at radius 2 is 1.95 bits per heavy atom. The highest BCUT2D eigenvalue weighted by Crippen LogP contribution is 2.09. The maximum absolute atomic E-state index is 11.7. The lowest BCUT2D eigenvalue weighted by molar-refractivity contribution is -0.137. The number of carbonyl (C=O) groups excluding carboxylic acids is 1. The van der Waals surface area contributed by atoms with Crippen LogP contribution in [0.3, 0.4) is 0 Å². The molecule has 0 bridgehead atoms. The summed E-state index contributed by atoms with van der Waals surface area (Å²) in [5, 5.41) is 14.5. The smallest absolute Gasteiger partial charge is 0.317 e. The van der Waals surface area contributed by atoms with E-state index in [2.05, 4.69) is 10.6 Å². The number of rotatable bonds is 10. The average molecular weight is 273 g/mol. The number of amides is 2. The molecular formula is C13H27N3O3. The third-order valence-corrected chi connectivity index (χ3v) is 3.03. The molecule has 0 aromatic rings. The lowest BCUT2D eigenvalue weighted by Crippen LogP contribution is -2.39. The van der Waals surface area contributed by atoms with Gasteiger partial charge in [0, 0.05) is 26.6 Å². The van der Waals surface area contributed by atoms with Crippen LogP contribution in [0.1, 0.15) is 32.6 Å². The van der Waals surface area contributed by atoms with Crippen LogP contribution in [0.5, 0.6) is 0 Å². The molecule has 19 heavy (non-hydrogen) atoms. The van der Waals surface area contributed by atoms with Crippen LogP contribution in [-0.2, 0) is 4.79 Å². The summed E-state index contributed by atoms with van der Waals surface area (Å²) in [5.41, 5.74) is 0. The number of nitrogens with one attached hydrogen (secondary N) is 2. The van der Waals surface area contributed by atoms with E-state index in [-0.39, 0.29) is 12.5 Å². The van der Waals surface area contributed by atoms with Gasteiger partial charge in [0.15, 0.2) is 0 Å². The van der Waals surface area contributed by atoms with Crippen molar-refractivity contribution >= 4 is 12.0 Å². The van der Waals surface area contributed by atoms with E-state index in [4.69, 9.17) is 5.11 Å². The van der Waals surface area contributed by atoms with E-state index in [0.29, 0.717) is 18.9 Å². The van der Waals surface area contributed by atoms with Crippen LogP contribution in [0.4, 0.5) is 4.79 Å². The van der Waals surface area contributed by atoms with Crippen molar-refractivity contribution in [3.05, 3.63) is 0 Å². The normalized spacial score (nSPS) is 11.9. The third kappa shape index (κ3) is 10.3. The Kier molecular flexibility index (Phi) is 9.88. The molecule has 0 spiro atoms. The molecule has 0 rings (SSSR count). The Balaban J connectivity index is 3.63. The van der Waals surface area contributed by atoms with E-state index in [1.54, 1.807) is 11.9 Å². The number of hydrogen-bond donors (Lipinski definition) is 3. The molecule has 1 unspecified atom stereocenters. The molecule has 0 saturated heterocycles. The molecule has 112 valence electrons. The second-order valence-corrected chi connectivity index (χ2v) is 4.94. The van der Waals surface area contributed by atoms with Gasteiger partial charge in [0.2, 0.25) is 0 Å². The minimum absolute atomic E-state index is 0.0680. The second kappa shape index (κ2) is 10.6. The lowest BCUT2D eigenvalue weighted by Gasteiger charge is -2.18. The molecule has 0 heterocycles. The van der Waals surface area contributed by atoms with Crippen LogP contribution in [0, 0.1) is 5.92 Å². The van der Waals surface area contributed by atoms with Crippen LogP contribution in [0.2, 0.25) is 0 Å². The minimum atomic E-state index is -0.764. The zero-order valence-corrected chi connectivity index (χ0v) is 12.2. The molecule has 3 N–H and O–H groups in total. The van der Waals surface area contributed by atoms with Gasteiger partial charge in [-0.2, -0.15) is 0 Å². The van der Waals surface area contributed by atoms with Crippen LogP contribution in [0.25, 0.3) is 0 Å². The first kappa shape index (κ1) is 17.7. The van der Waals surface area contributed by atoms with E-state index in [1.165, 1.54) is 0 Å². The fraction of sp³-hybridized carbons (Fsp3) is 0.846. The Labute approximate surface area is 115 Å². The number of hydrogen-bond acceptors (Lipinski definition) is 3. The number of carboxylic acids is 1. The van der Waals surface area contributed by atoms with Crippen molar-refractivity contribution in [1.29, 1.82) is 0 Å². The Hall–Kier alpha value is -1.30. The van der Waals surface area contributed by atoms with Crippen molar-refractivity contribution < 1.29 is 14.7 Å². The van der Waals surface area contributed by atoms with E-state index in [9.17, 15) is 9.59 Å². The Bertz CT molecular complexity index is 272. The minimum Gasteiger partial charge on any atom is -0.481 e. The Morgan fingerprint density at radius 1 is 1.26 bits per heavy atom. The molecule has 6 nitrogen and oxygen atoms in total. The van der Waals surface area contributed by atoms with Gasteiger partial charge in [0.05, 0.1) is 0 Å². The summed E-state index contributed by atoms with van der Waals surface area (Å²) in [6, 6.07) is -0.0680. The maximum Gasteiger partial charge on any atom is 0.317 e. The van der Waals surface area contributed by atoms with Crippen molar-refractivity contribution in [2.45, 2.75) is 32.6 Å². The number of carbonyl (C=O) groups is 2. The van der Waals surface area contributed by atoms with Gasteiger partial charge < -0.3 is 20.6 Å². The fourth-order valence-electron chi connectivity index (χ4n) is 1.67. The highest BCUT2D eigenvalue weighted by molar-refractivity contribution is 5.73. The van der Waals surface area contributed by atoms with E-state index < -0.39 is 5.97 Å². The first-order chi connectivity index (χ1) is 8.97. The first-order valence-corrected chi connectivity index (χ1v) is 6.82. The summed E-state index contributed by atoms with van der Waals surface area (Å²) < 4.78 is 0. The van der Waals surface area contributed by atoms with E-state index >= 15 is 0 Å². The summed E-state index contributed by atoms with van der Waals surface area (Å²) >= 11 is 0. The molecule has 0 aliphatic carbocycles. The molecule has 0 aromatic carbocycles. The second-order valence-electron chi connectivity index (χ2n) is 4.94. The van der Waals surface area contributed by atoms with E-state index in [1.807, 2.05) is 14.0 Å². The molecule has 0 fully saturated rings. The number of carboxylic acid groups (broad SMARTS) is 1. The summed E-state index contributed by atoms with van der Waals surface area (Å²) in [6.45, 7) is 4.22. The molecule has 2 amide bonds. The third-order valence-electron chi connectivity index (χ3n) is 3.03. The van der Waals surface area contributed by atoms with Gasteiger partial charge in [-0.05, 0) is 38.8 Å². The monoisotopic (exact) mass is 273 g/mol. The highest BCUT2D eigenvalue weighted by Gasteiger charge is 2.09. The Morgan fingerprint density at radius 3 is 2.53 bits per heavy atom. The van der Waals surface area contributed by atoms with Gasteiger partial charge >= 0.3 is 12.0 Å². The summed E-state index contributed by atoms with van der Waals surface area (Å²) in [4.78, 5) is 23.8. The van der Waals surface area contributed by atoms with Gasteiger partial charge in [0.25, 0.3) is 0 Å². The van der Waals surface area contributed by atoms with Crippen LogP contribution < -0.4 is 10.6 Å². The largest absolute Gasteiger partial charge is 0.481 e. The zero-order chi connectivity index (χ0) is 14.7. The highest BCUT2D eigenvalue weighted by atomic mass is 16.4. The number of urea groups is 1. The van der Waals surface area contributed by atoms with Gasteiger partial charge in [-0.3, -0.25) is 4.79 Å². The van der Waals surface area contributed by atoms with Crippen LogP contribution in [0.15, 0.2) is 0 Å². The van der Waals surface area contributed by atoms with Gasteiger partial charge in [-0.15, -0.1) is 0 Å². The summed E-state index contributed by atoms with van der Waals surface area (Å²) in [7, 11) is 3.66. The number of aliphatic carboxylic acids is 1. The molecule has 0 aliphatic heterocycles. The van der Waals surface area contributed by atoms with Gasteiger partial charge in [0.1, 0.15) is 0 Å². The van der Waals surface area contributed by atoms with Crippen LogP contribution >= 0.6 is 0 Å². The first-order valence-electron chi connectivity index (χ1n) is 6.82. The van der Waals surface area contributed by atoms with Crippen molar-refractivity contribution in [2.75, 3.05) is 33.7 Å². The fourth-order valence-corrected chi connectivity index (χ4v) is 1.67. The lowest BCUT2D eigenvalue weighted by atomic mass is 10.0. The van der Waals surface area contributed by atoms with Crippen molar-refractivity contribution in [3.63, 3.8) is 0 Å². The van der Waals surface area contributed by atoms with Gasteiger partial charge in [-0.1, -0.05) is 6.92 Å². The van der Waals surface area contributed by atoms with Crippen molar-refractivity contribution in [1.82, 2.24) is 15.5 Å². The molecule has 1 atom stereocenters. The van der Waals surface area contributed by atoms with E-state index in [0.717, 1.165) is 25.9 Å². The predicted octanol–water partition coefficient (Wildman–Crippen LogP) is 1.13. The molecule has 0 aromatic heterocycles. The van der Waals surface area contributed by atoms with Crippen molar-refractivity contribution in [2.24, 2.45) is 5.92 Å². The number of nitrogens with zero attached hydrogens (tertiary/aromatic N) is 1. The quantitative estimate of drug-likeness (QED) is 0.521. The topological polar surface area (TPSA) is 81.7 Å². The SMILES string of the molecule is CNCCCN(C)C(=O)NCCC(C)CCC(=O)O. The molecule has 0 radical (unpaired) electrons. The molecule has 0 aliphatic rings. The molecule has 6 heteroatoms. The van der Waals surface area contributed by atoms with Crippen molar-refractivity contribution in [3.8, 4) is 0 Å². The van der Waals surface area contributed by atoms with Crippen LogP contribution in [-0.4, -0.2) is 55.7 Å². The average Bonchev–Trinajstić information content (AvgIpc) is 2.36. The zero-order valence-electron chi connectivity index (χ0n) is 12.2. The summed E-state index contributed by atoms with van der Waals surface area (Å²) in [6.07, 6.45) is 2.58. The standard InChI is InChI=1S/C13H27N3O3/c1-11(5-6-12(17)18)7-9-15-13(19)16(3)10-4-8-14-2/h11,14H,4-10H2,1-3H3,(H,15,19)(H,17,18). The molecule has 0 saturated carbocycles. The maximum atomic E-state index is 11.7. The van der Waals surface area contributed by atoms with Gasteiger partial charge in [-0.25, -0.2) is 4.79 Å². The molecular weight excluding hydrogens is 246 g/mol. The predicted molar refractivity (Wildman–Crippen MR) is 75.2 cm³/mol.